The molecule has 0 unspecified atom stereocenters. The minimum atomic E-state index is -0.587. The summed E-state index contributed by atoms with van der Waals surface area (Å²) in [7, 11) is 0. The van der Waals surface area contributed by atoms with Crippen LogP contribution in [-0.4, -0.2) is 17.0 Å². The molecular weight excluding hydrogens is 348 g/mol. The molecule has 1 N–H and O–H groups in total. The zero-order valence-electron chi connectivity index (χ0n) is 16.8. The highest BCUT2D eigenvalue weighted by atomic mass is 16.5. The van der Waals surface area contributed by atoms with Gasteiger partial charge >= 0.3 is 0 Å². The number of benzene rings is 2. The maximum Gasteiger partial charge on any atom is 0.265 e. The molecule has 4 nitrogen and oxygen atoms in total. The fourth-order valence-electron chi connectivity index (χ4n) is 3.05. The summed E-state index contributed by atoms with van der Waals surface area (Å²) in [6.45, 7) is 7.85. The number of rotatable bonds is 6. The summed E-state index contributed by atoms with van der Waals surface area (Å²) in [5.41, 5.74) is 6.49. The predicted octanol–water partition coefficient (Wildman–Crippen LogP) is 5.00. The fraction of sp³-hybridized carbons (Fsp3) is 0.250. The van der Waals surface area contributed by atoms with Gasteiger partial charge in [0, 0.05) is 18.1 Å². The summed E-state index contributed by atoms with van der Waals surface area (Å²) in [4.78, 5) is 16.6. The van der Waals surface area contributed by atoms with Gasteiger partial charge in [-0.1, -0.05) is 18.2 Å². The summed E-state index contributed by atoms with van der Waals surface area (Å²) < 4.78 is 5.93. The second kappa shape index (κ2) is 8.70. The molecule has 4 heteroatoms. The van der Waals surface area contributed by atoms with Crippen molar-refractivity contribution in [1.82, 2.24) is 4.98 Å². The third-order valence-corrected chi connectivity index (χ3v) is 4.82. The Morgan fingerprint density at radius 3 is 2.32 bits per heavy atom. The van der Waals surface area contributed by atoms with Crippen molar-refractivity contribution in [2.24, 2.45) is 0 Å². The van der Waals surface area contributed by atoms with Crippen LogP contribution in [0.1, 0.15) is 34.7 Å². The Morgan fingerprint density at radius 2 is 1.64 bits per heavy atom. The predicted molar refractivity (Wildman–Crippen MR) is 113 cm³/mol. The standard InChI is InChI=1S/C24H26N2O2/c1-16-13-17(2)18(3)23(14-16)28-19(4)24(27)26-22-7-5-20(6-8-22)15-21-9-11-25-12-10-21/h5-14,19H,15H2,1-4H3,(H,26,27)/t19-/m0/s1. The lowest BCUT2D eigenvalue weighted by atomic mass is 10.1. The van der Waals surface area contributed by atoms with Crippen molar-refractivity contribution in [3.8, 4) is 5.75 Å². The van der Waals surface area contributed by atoms with Gasteiger partial charge < -0.3 is 10.1 Å². The van der Waals surface area contributed by atoms with Crippen LogP contribution < -0.4 is 10.1 Å². The van der Waals surface area contributed by atoms with Crippen LogP contribution >= 0.6 is 0 Å². The van der Waals surface area contributed by atoms with E-state index in [1.807, 2.05) is 63.2 Å². The summed E-state index contributed by atoms with van der Waals surface area (Å²) in [6, 6.07) is 16.0. The molecule has 3 aromatic rings. The maximum absolute atomic E-state index is 12.5. The second-order valence-corrected chi connectivity index (χ2v) is 7.18. The Bertz CT molecular complexity index is 950. The van der Waals surface area contributed by atoms with Gasteiger partial charge in [-0.05, 0) is 92.3 Å². The molecule has 0 saturated heterocycles. The van der Waals surface area contributed by atoms with E-state index in [1.54, 1.807) is 19.3 Å². The Balaban J connectivity index is 1.61. The van der Waals surface area contributed by atoms with Crippen molar-refractivity contribution in [3.05, 3.63) is 88.7 Å². The molecule has 2 aromatic carbocycles. The van der Waals surface area contributed by atoms with Crippen molar-refractivity contribution < 1.29 is 9.53 Å². The molecule has 0 aliphatic carbocycles. The summed E-state index contributed by atoms with van der Waals surface area (Å²) >= 11 is 0. The first kappa shape index (κ1) is 19.6. The lowest BCUT2D eigenvalue weighted by Gasteiger charge is -2.18. The minimum Gasteiger partial charge on any atom is -0.481 e. The number of anilines is 1. The molecule has 28 heavy (non-hydrogen) atoms. The highest BCUT2D eigenvalue weighted by Crippen LogP contribution is 2.24. The van der Waals surface area contributed by atoms with E-state index in [0.717, 1.165) is 34.5 Å². The zero-order valence-corrected chi connectivity index (χ0v) is 16.8. The molecule has 0 saturated carbocycles. The first-order valence-electron chi connectivity index (χ1n) is 9.45. The average molecular weight is 374 g/mol. The number of hydrogen-bond acceptors (Lipinski definition) is 3. The Hall–Kier alpha value is -3.14. The van der Waals surface area contributed by atoms with Crippen LogP contribution in [0.4, 0.5) is 5.69 Å². The first-order valence-corrected chi connectivity index (χ1v) is 9.45. The van der Waals surface area contributed by atoms with Crippen LogP contribution in [0.15, 0.2) is 60.9 Å². The van der Waals surface area contributed by atoms with E-state index in [-0.39, 0.29) is 5.91 Å². The number of hydrogen-bond donors (Lipinski definition) is 1. The number of aryl methyl sites for hydroxylation is 2. The van der Waals surface area contributed by atoms with Gasteiger partial charge in [0.25, 0.3) is 5.91 Å². The molecule has 0 bridgehead atoms. The molecule has 0 aliphatic heterocycles. The van der Waals surface area contributed by atoms with Gasteiger partial charge in [-0.15, -0.1) is 0 Å². The average Bonchev–Trinajstić information content (AvgIpc) is 2.68. The normalized spacial score (nSPS) is 11.7. The van der Waals surface area contributed by atoms with E-state index >= 15 is 0 Å². The SMILES string of the molecule is Cc1cc(C)c(C)c(O[C@@H](C)C(=O)Nc2ccc(Cc3ccncc3)cc2)c1. The lowest BCUT2D eigenvalue weighted by Crippen LogP contribution is -2.30. The number of nitrogens with zero attached hydrogens (tertiary/aromatic N) is 1. The van der Waals surface area contributed by atoms with E-state index in [9.17, 15) is 4.79 Å². The fourth-order valence-corrected chi connectivity index (χ4v) is 3.05. The highest BCUT2D eigenvalue weighted by molar-refractivity contribution is 5.94. The lowest BCUT2D eigenvalue weighted by molar-refractivity contribution is -0.122. The minimum absolute atomic E-state index is 0.166. The summed E-state index contributed by atoms with van der Waals surface area (Å²) in [5.74, 6) is 0.591. The van der Waals surface area contributed by atoms with E-state index in [1.165, 1.54) is 11.1 Å². The topological polar surface area (TPSA) is 51.2 Å². The van der Waals surface area contributed by atoms with Gasteiger partial charge in [0.1, 0.15) is 5.75 Å². The smallest absolute Gasteiger partial charge is 0.265 e. The number of aromatic nitrogens is 1. The largest absolute Gasteiger partial charge is 0.481 e. The molecule has 1 heterocycles. The quantitative estimate of drug-likeness (QED) is 0.660. The number of carbonyl (C=O) groups is 1. The molecule has 1 atom stereocenters. The van der Waals surface area contributed by atoms with E-state index < -0.39 is 6.10 Å². The Morgan fingerprint density at radius 1 is 1.00 bits per heavy atom. The van der Waals surface area contributed by atoms with Gasteiger partial charge in [-0.2, -0.15) is 0 Å². The molecule has 144 valence electrons. The van der Waals surface area contributed by atoms with Gasteiger partial charge in [-0.25, -0.2) is 0 Å². The van der Waals surface area contributed by atoms with Crippen LogP contribution in [0.3, 0.4) is 0 Å². The number of amides is 1. The van der Waals surface area contributed by atoms with Gasteiger partial charge in [0.15, 0.2) is 6.10 Å². The van der Waals surface area contributed by atoms with Gasteiger partial charge in [-0.3, -0.25) is 9.78 Å². The van der Waals surface area contributed by atoms with Crippen LogP contribution in [0, 0.1) is 20.8 Å². The van der Waals surface area contributed by atoms with Gasteiger partial charge in [0.05, 0.1) is 0 Å². The second-order valence-electron chi connectivity index (χ2n) is 7.18. The van der Waals surface area contributed by atoms with Crippen molar-refractivity contribution in [2.45, 2.75) is 40.2 Å². The Kier molecular flexibility index (Phi) is 6.09. The Labute approximate surface area is 166 Å². The van der Waals surface area contributed by atoms with Crippen molar-refractivity contribution in [1.29, 1.82) is 0 Å². The van der Waals surface area contributed by atoms with Crippen LogP contribution in [0.25, 0.3) is 0 Å². The molecular formula is C24H26N2O2. The maximum atomic E-state index is 12.5. The van der Waals surface area contributed by atoms with Crippen LogP contribution in [-0.2, 0) is 11.2 Å². The monoisotopic (exact) mass is 374 g/mol. The molecule has 0 aliphatic rings. The molecule has 0 spiro atoms. The van der Waals surface area contributed by atoms with Crippen molar-refractivity contribution in [2.75, 3.05) is 5.32 Å². The van der Waals surface area contributed by atoms with E-state index in [0.29, 0.717) is 0 Å². The first-order chi connectivity index (χ1) is 13.4. The van der Waals surface area contributed by atoms with Crippen LogP contribution in [0.5, 0.6) is 5.75 Å². The van der Waals surface area contributed by atoms with E-state index in [4.69, 9.17) is 4.74 Å². The number of ether oxygens (including phenoxy) is 1. The third kappa shape index (κ3) is 4.97. The van der Waals surface area contributed by atoms with Crippen LogP contribution in [0.2, 0.25) is 0 Å². The number of carbonyl (C=O) groups excluding carboxylic acids is 1. The van der Waals surface area contributed by atoms with Crippen molar-refractivity contribution >= 4 is 11.6 Å². The molecule has 3 rings (SSSR count). The van der Waals surface area contributed by atoms with E-state index in [2.05, 4.69) is 16.4 Å². The molecule has 1 amide bonds. The number of nitrogens with one attached hydrogen (secondary N) is 1. The van der Waals surface area contributed by atoms with Crippen molar-refractivity contribution in [3.63, 3.8) is 0 Å². The number of pyridine rings is 1. The van der Waals surface area contributed by atoms with Gasteiger partial charge in [0.2, 0.25) is 0 Å². The molecule has 0 radical (unpaired) electrons. The third-order valence-electron chi connectivity index (χ3n) is 4.82. The molecule has 1 aromatic heterocycles. The highest BCUT2D eigenvalue weighted by Gasteiger charge is 2.16. The summed E-state index contributed by atoms with van der Waals surface area (Å²) in [5, 5.41) is 2.93. The molecule has 0 fully saturated rings. The summed E-state index contributed by atoms with van der Waals surface area (Å²) in [6.07, 6.45) is 3.84. The zero-order chi connectivity index (χ0) is 20.1.